The summed E-state index contributed by atoms with van der Waals surface area (Å²) in [5.74, 6) is -2.40. The highest BCUT2D eigenvalue weighted by molar-refractivity contribution is 7.18. The third kappa shape index (κ3) is 3.03. The SMILES string of the molecule is CC(=O)OC(C)OC(=O)C1=C(c2cn3cncc3s2)[C@H](C)[C@@H]2[C@@H]([C@@H](C)O)C(=O)N12. The van der Waals surface area contributed by atoms with Gasteiger partial charge in [0.25, 0.3) is 0 Å². The quantitative estimate of drug-likeness (QED) is 0.443. The molecule has 1 unspecified atom stereocenters. The van der Waals surface area contributed by atoms with E-state index in [4.69, 9.17) is 9.47 Å². The van der Waals surface area contributed by atoms with Crippen LogP contribution in [0.15, 0.2) is 24.4 Å². The van der Waals surface area contributed by atoms with Gasteiger partial charge in [0.15, 0.2) is 0 Å². The Hall–Kier alpha value is -2.72. The number of hydrogen-bond acceptors (Lipinski definition) is 8. The average Bonchev–Trinajstić information content (AvgIpc) is 3.24. The first-order valence-corrected chi connectivity index (χ1v) is 10.1. The van der Waals surface area contributed by atoms with Gasteiger partial charge in [-0.3, -0.25) is 14.0 Å². The molecule has 4 rings (SSSR count). The van der Waals surface area contributed by atoms with E-state index < -0.39 is 30.3 Å². The molecule has 29 heavy (non-hydrogen) atoms. The maximum atomic E-state index is 13.0. The number of ether oxygens (including phenoxy) is 2. The Labute approximate surface area is 170 Å². The predicted octanol–water partition coefficient (Wildman–Crippen LogP) is 1.42. The van der Waals surface area contributed by atoms with Gasteiger partial charge < -0.3 is 19.5 Å². The molecule has 0 radical (unpaired) electrons. The molecule has 1 N–H and O–H groups in total. The molecule has 9 nitrogen and oxygen atoms in total. The lowest BCUT2D eigenvalue weighted by molar-refractivity contribution is -0.184. The minimum Gasteiger partial charge on any atom is -0.426 e. The number of aliphatic hydroxyl groups is 1. The van der Waals surface area contributed by atoms with E-state index in [1.165, 1.54) is 30.1 Å². The van der Waals surface area contributed by atoms with Gasteiger partial charge in [0.05, 0.1) is 35.5 Å². The van der Waals surface area contributed by atoms with E-state index in [9.17, 15) is 19.5 Å². The fourth-order valence-electron chi connectivity index (χ4n) is 4.21. The number of nitrogens with zero attached hydrogens (tertiary/aromatic N) is 3. The summed E-state index contributed by atoms with van der Waals surface area (Å²) in [6, 6.07) is -0.330. The Morgan fingerprint density at radius 2 is 2.03 bits per heavy atom. The van der Waals surface area contributed by atoms with Crippen molar-refractivity contribution in [3.8, 4) is 0 Å². The van der Waals surface area contributed by atoms with Gasteiger partial charge in [-0.05, 0) is 6.92 Å². The molecule has 0 aromatic carbocycles. The van der Waals surface area contributed by atoms with Crippen molar-refractivity contribution in [3.05, 3.63) is 29.3 Å². The van der Waals surface area contributed by atoms with Crippen LogP contribution in [0.25, 0.3) is 10.4 Å². The molecule has 154 valence electrons. The van der Waals surface area contributed by atoms with Gasteiger partial charge in [-0.15, -0.1) is 11.3 Å². The van der Waals surface area contributed by atoms with Crippen molar-refractivity contribution in [2.45, 2.75) is 46.1 Å². The number of carbonyl (C=O) groups excluding carboxylic acids is 3. The van der Waals surface area contributed by atoms with E-state index in [-0.39, 0.29) is 23.6 Å². The first-order chi connectivity index (χ1) is 13.7. The first kappa shape index (κ1) is 19.6. The summed E-state index contributed by atoms with van der Waals surface area (Å²) in [4.78, 5) is 44.1. The summed E-state index contributed by atoms with van der Waals surface area (Å²) in [5.41, 5.74) is 0.820. The molecule has 1 amide bonds. The topological polar surface area (TPSA) is 110 Å². The van der Waals surface area contributed by atoms with Crippen LogP contribution in [-0.4, -0.2) is 55.7 Å². The van der Waals surface area contributed by atoms with Gasteiger partial charge in [0.2, 0.25) is 12.2 Å². The first-order valence-electron chi connectivity index (χ1n) is 9.26. The lowest BCUT2D eigenvalue weighted by Crippen LogP contribution is -2.63. The van der Waals surface area contributed by atoms with E-state index in [0.29, 0.717) is 5.57 Å². The molecule has 2 aromatic heterocycles. The van der Waals surface area contributed by atoms with E-state index in [2.05, 4.69) is 4.98 Å². The second-order valence-electron chi connectivity index (χ2n) is 7.33. The number of thiazole rings is 1. The molecule has 1 saturated heterocycles. The molecular weight excluding hydrogens is 398 g/mol. The highest BCUT2D eigenvalue weighted by Gasteiger charge is 2.60. The summed E-state index contributed by atoms with van der Waals surface area (Å²) in [6.45, 7) is 6.16. The fraction of sp³-hybridized carbons (Fsp3) is 0.474. The largest absolute Gasteiger partial charge is 0.426 e. The van der Waals surface area contributed by atoms with Crippen molar-refractivity contribution in [3.63, 3.8) is 0 Å². The van der Waals surface area contributed by atoms with E-state index >= 15 is 0 Å². The zero-order valence-electron chi connectivity index (χ0n) is 16.4. The molecule has 0 aliphatic carbocycles. The number of aliphatic hydroxyl groups excluding tert-OH is 1. The summed E-state index contributed by atoms with van der Waals surface area (Å²) in [6.07, 6.45) is 3.32. The van der Waals surface area contributed by atoms with Crippen LogP contribution in [0.2, 0.25) is 0 Å². The molecule has 1 fully saturated rings. The minimum atomic E-state index is -1.09. The van der Waals surface area contributed by atoms with Gasteiger partial charge in [-0.25, -0.2) is 9.78 Å². The van der Waals surface area contributed by atoms with Gasteiger partial charge >= 0.3 is 11.9 Å². The van der Waals surface area contributed by atoms with Crippen LogP contribution in [0.1, 0.15) is 32.6 Å². The minimum absolute atomic E-state index is 0.140. The second-order valence-corrected chi connectivity index (χ2v) is 8.40. The Morgan fingerprint density at radius 3 is 2.66 bits per heavy atom. The number of rotatable bonds is 5. The van der Waals surface area contributed by atoms with Gasteiger partial charge in [0.1, 0.15) is 10.5 Å². The number of hydrogen-bond donors (Lipinski definition) is 1. The summed E-state index contributed by atoms with van der Waals surface area (Å²) in [5, 5.41) is 10.1. The Kier molecular flexibility index (Phi) is 4.70. The predicted molar refractivity (Wildman–Crippen MR) is 102 cm³/mol. The molecule has 4 heterocycles. The smallest absolute Gasteiger partial charge is 0.358 e. The second kappa shape index (κ2) is 6.96. The Balaban J connectivity index is 1.75. The van der Waals surface area contributed by atoms with E-state index in [1.807, 2.05) is 17.5 Å². The fourth-order valence-corrected chi connectivity index (χ4v) is 5.31. The lowest BCUT2D eigenvalue weighted by atomic mass is 9.77. The van der Waals surface area contributed by atoms with E-state index in [1.54, 1.807) is 19.4 Å². The number of amides is 1. The Bertz CT molecular complexity index is 1010. The molecule has 5 atom stereocenters. The normalized spacial score (nSPS) is 25.6. The zero-order chi connectivity index (χ0) is 21.0. The van der Waals surface area contributed by atoms with Crippen molar-refractivity contribution in [1.82, 2.24) is 14.3 Å². The highest BCUT2D eigenvalue weighted by atomic mass is 32.1. The van der Waals surface area contributed by atoms with Crippen molar-refractivity contribution < 1.29 is 29.0 Å². The zero-order valence-corrected chi connectivity index (χ0v) is 17.2. The third-order valence-corrected chi connectivity index (χ3v) is 6.41. The van der Waals surface area contributed by atoms with Crippen LogP contribution in [0, 0.1) is 11.8 Å². The van der Waals surface area contributed by atoms with Crippen LogP contribution in [0.3, 0.4) is 0 Å². The monoisotopic (exact) mass is 419 g/mol. The third-order valence-electron chi connectivity index (χ3n) is 5.34. The number of imidazole rings is 1. The summed E-state index contributed by atoms with van der Waals surface area (Å²) in [7, 11) is 0. The molecular formula is C19H21N3O6S. The molecule has 2 aromatic rings. The van der Waals surface area contributed by atoms with Crippen LogP contribution in [0.4, 0.5) is 0 Å². The van der Waals surface area contributed by atoms with Crippen molar-refractivity contribution in [2.75, 3.05) is 0 Å². The maximum Gasteiger partial charge on any atom is 0.358 e. The number of fused-ring (bicyclic) bond motifs is 2. The summed E-state index contributed by atoms with van der Waals surface area (Å²) >= 11 is 1.45. The number of carbonyl (C=O) groups is 3. The lowest BCUT2D eigenvalue weighted by Gasteiger charge is -2.46. The van der Waals surface area contributed by atoms with Crippen LogP contribution >= 0.6 is 11.3 Å². The molecule has 0 bridgehead atoms. The standard InChI is InChI=1S/C19H21N3O6S/c1-8-14(12-6-21-7-20-5-13(21)29-12)17(19(26)28-11(4)27-10(3)24)22-16(8)15(9(2)23)18(22)25/h5-9,11,15-16,23H,1-4H3/t8-,9+,11?,15+,16+/m0/s1. The van der Waals surface area contributed by atoms with Gasteiger partial charge in [-0.2, -0.15) is 0 Å². The van der Waals surface area contributed by atoms with Crippen molar-refractivity contribution in [2.24, 2.45) is 11.8 Å². The number of β-lactam (4-membered cyclic amide) rings is 1. The van der Waals surface area contributed by atoms with E-state index in [0.717, 1.165) is 9.71 Å². The number of esters is 2. The number of aromatic nitrogens is 2. The molecule has 2 aliphatic rings. The Morgan fingerprint density at radius 1 is 1.31 bits per heavy atom. The van der Waals surface area contributed by atoms with Crippen LogP contribution < -0.4 is 0 Å². The van der Waals surface area contributed by atoms with Crippen LogP contribution in [-0.2, 0) is 23.9 Å². The van der Waals surface area contributed by atoms with Crippen molar-refractivity contribution >= 4 is 39.6 Å². The van der Waals surface area contributed by atoms with Crippen molar-refractivity contribution in [1.29, 1.82) is 0 Å². The maximum absolute atomic E-state index is 13.0. The average molecular weight is 419 g/mol. The molecule has 2 aliphatic heterocycles. The summed E-state index contributed by atoms with van der Waals surface area (Å²) < 4.78 is 12.0. The van der Waals surface area contributed by atoms with Gasteiger partial charge in [-0.1, -0.05) is 6.92 Å². The highest BCUT2D eigenvalue weighted by Crippen LogP contribution is 2.51. The molecule has 0 spiro atoms. The van der Waals surface area contributed by atoms with Gasteiger partial charge in [0, 0.05) is 31.5 Å². The molecule has 10 heteroatoms. The van der Waals surface area contributed by atoms with Crippen LogP contribution in [0.5, 0.6) is 0 Å². The molecule has 0 saturated carbocycles.